The maximum Gasteiger partial charge on any atom is 0.165 e. The van der Waals surface area contributed by atoms with Crippen LogP contribution in [0.25, 0.3) is 28.0 Å². The Morgan fingerprint density at radius 3 is 2.54 bits per heavy atom. The number of likely N-dealkylation sites (tertiary alicyclic amines) is 1. The van der Waals surface area contributed by atoms with Gasteiger partial charge in [0.1, 0.15) is 11.5 Å². The summed E-state index contributed by atoms with van der Waals surface area (Å²) in [7, 11) is 0. The first-order chi connectivity index (χ1) is 17.0. The molecule has 7 nitrogen and oxygen atoms in total. The van der Waals surface area contributed by atoms with Crippen molar-refractivity contribution in [1.29, 1.82) is 0 Å². The van der Waals surface area contributed by atoms with E-state index in [-0.39, 0.29) is 6.61 Å². The second kappa shape index (κ2) is 9.87. The van der Waals surface area contributed by atoms with Crippen molar-refractivity contribution in [3.05, 3.63) is 65.6 Å². The Balaban J connectivity index is 1.57. The predicted octanol–water partition coefficient (Wildman–Crippen LogP) is 3.93. The quantitative estimate of drug-likeness (QED) is 0.420. The number of nitrogens with zero attached hydrogens (tertiary/aromatic N) is 5. The van der Waals surface area contributed by atoms with Crippen LogP contribution in [0.3, 0.4) is 0 Å². The van der Waals surface area contributed by atoms with E-state index in [0.29, 0.717) is 6.04 Å². The molecule has 0 spiro atoms. The molecule has 1 saturated heterocycles. The van der Waals surface area contributed by atoms with Gasteiger partial charge in [-0.25, -0.2) is 9.50 Å². The molecule has 2 N–H and O–H groups in total. The molecule has 4 heterocycles. The zero-order valence-electron chi connectivity index (χ0n) is 20.2. The lowest BCUT2D eigenvalue weighted by atomic mass is 9.99. The number of piperidine rings is 1. The van der Waals surface area contributed by atoms with E-state index in [2.05, 4.69) is 33.3 Å². The Hall–Kier alpha value is -3.73. The van der Waals surface area contributed by atoms with Gasteiger partial charge >= 0.3 is 0 Å². The summed E-state index contributed by atoms with van der Waals surface area (Å²) in [4.78, 5) is 11.9. The summed E-state index contributed by atoms with van der Waals surface area (Å²) in [5.41, 5.74) is 7.31. The number of hydrogen-bond acceptors (Lipinski definition) is 6. The molecule has 0 amide bonds. The Morgan fingerprint density at radius 1 is 1.06 bits per heavy atom. The fourth-order valence-corrected chi connectivity index (χ4v) is 4.86. The molecule has 0 unspecified atom stereocenters. The number of anilines is 1. The average molecular weight is 467 g/mol. The van der Waals surface area contributed by atoms with Crippen molar-refractivity contribution in [2.75, 3.05) is 31.6 Å². The van der Waals surface area contributed by atoms with Gasteiger partial charge in [-0.1, -0.05) is 18.1 Å². The zero-order valence-corrected chi connectivity index (χ0v) is 20.2. The first kappa shape index (κ1) is 23.0. The number of pyridine rings is 1. The number of β-amino-alcohol motifs (C(OH)–C–C–N with tert-alkyl or cyclic N) is 1. The number of hydrogen-bond donors (Lipinski definition) is 2. The molecule has 1 aromatic carbocycles. The molecule has 1 aliphatic rings. The maximum absolute atomic E-state index is 9.20. The van der Waals surface area contributed by atoms with Gasteiger partial charge in [0.25, 0.3) is 0 Å². The zero-order chi connectivity index (χ0) is 24.4. The number of terminal acetylenes is 1. The molecule has 3 aromatic heterocycles. The van der Waals surface area contributed by atoms with Gasteiger partial charge in [-0.05, 0) is 62.6 Å². The molecule has 4 aromatic rings. The van der Waals surface area contributed by atoms with Crippen molar-refractivity contribution >= 4 is 11.5 Å². The molecule has 1 aliphatic heterocycles. The van der Waals surface area contributed by atoms with E-state index in [1.807, 2.05) is 54.9 Å². The first-order valence-electron chi connectivity index (χ1n) is 12.1. The van der Waals surface area contributed by atoms with E-state index >= 15 is 0 Å². The number of aromatic nitrogens is 4. The highest BCUT2D eigenvalue weighted by Crippen LogP contribution is 2.35. The van der Waals surface area contributed by atoms with Crippen molar-refractivity contribution in [2.24, 2.45) is 0 Å². The van der Waals surface area contributed by atoms with Crippen LogP contribution in [0.1, 0.15) is 29.8 Å². The van der Waals surface area contributed by atoms with Gasteiger partial charge in [0, 0.05) is 54.4 Å². The van der Waals surface area contributed by atoms with Crippen LogP contribution in [-0.2, 0) is 0 Å². The molecule has 1 fully saturated rings. The van der Waals surface area contributed by atoms with E-state index in [1.54, 1.807) is 0 Å². The molecule has 35 heavy (non-hydrogen) atoms. The minimum absolute atomic E-state index is 0.209. The summed E-state index contributed by atoms with van der Waals surface area (Å²) in [5, 5.41) is 17.7. The number of fused-ring (bicyclic) bond motifs is 1. The largest absolute Gasteiger partial charge is 0.395 e. The standard InChI is InChI=1S/C28H30N6O/c1-4-21-6-5-7-22(18-21)27-26(23-16-19(2)29-20(3)17-23)28-31-25(10-13-34(28)32-27)30-24-8-11-33(12-9-24)14-15-35/h1,5-7,10,13,16-18,24,35H,8-9,11-12,14-15H2,2-3H3,(H,30,31). The molecule has 5 rings (SSSR count). The third-order valence-corrected chi connectivity index (χ3v) is 6.51. The van der Waals surface area contributed by atoms with Crippen molar-refractivity contribution in [2.45, 2.75) is 32.7 Å². The van der Waals surface area contributed by atoms with Crippen LogP contribution in [0.15, 0.2) is 48.7 Å². The average Bonchev–Trinajstić information content (AvgIpc) is 3.24. The van der Waals surface area contributed by atoms with Gasteiger partial charge < -0.3 is 15.3 Å². The van der Waals surface area contributed by atoms with Gasteiger partial charge in [0.15, 0.2) is 5.65 Å². The molecule has 0 radical (unpaired) electrons. The third kappa shape index (κ3) is 4.90. The van der Waals surface area contributed by atoms with Crippen LogP contribution in [0.2, 0.25) is 0 Å². The van der Waals surface area contributed by atoms with Crippen LogP contribution < -0.4 is 5.32 Å². The SMILES string of the molecule is C#Cc1cccc(-c2nn3ccc(NC4CCN(CCO)CC4)nc3c2-c2cc(C)nc(C)c2)c1. The number of aliphatic hydroxyl groups excluding tert-OH is 1. The topological polar surface area (TPSA) is 78.6 Å². The predicted molar refractivity (Wildman–Crippen MR) is 139 cm³/mol. The summed E-state index contributed by atoms with van der Waals surface area (Å²) >= 11 is 0. The Bertz CT molecular complexity index is 1370. The first-order valence-corrected chi connectivity index (χ1v) is 12.1. The van der Waals surface area contributed by atoms with Gasteiger partial charge in [-0.2, -0.15) is 5.10 Å². The van der Waals surface area contributed by atoms with Crippen LogP contribution >= 0.6 is 0 Å². The number of aryl methyl sites for hydroxylation is 2. The lowest BCUT2D eigenvalue weighted by molar-refractivity contribution is 0.168. The summed E-state index contributed by atoms with van der Waals surface area (Å²) < 4.78 is 1.84. The Kier molecular flexibility index (Phi) is 6.49. The van der Waals surface area contributed by atoms with E-state index in [1.165, 1.54) is 0 Å². The fraction of sp³-hybridized carbons (Fsp3) is 0.321. The molecule has 178 valence electrons. The fourth-order valence-electron chi connectivity index (χ4n) is 4.86. The lowest BCUT2D eigenvalue weighted by Gasteiger charge is -2.32. The molecule has 7 heteroatoms. The minimum atomic E-state index is 0.209. The summed E-state index contributed by atoms with van der Waals surface area (Å²) in [6.45, 7) is 6.91. The van der Waals surface area contributed by atoms with Crippen molar-refractivity contribution in [3.63, 3.8) is 0 Å². The van der Waals surface area contributed by atoms with E-state index < -0.39 is 0 Å². The summed E-state index contributed by atoms with van der Waals surface area (Å²) in [6.07, 6.45) is 9.68. The van der Waals surface area contributed by atoms with Gasteiger partial charge in [0.05, 0.1) is 12.2 Å². The summed E-state index contributed by atoms with van der Waals surface area (Å²) in [6, 6.07) is 14.4. The highest BCUT2D eigenvalue weighted by molar-refractivity contribution is 5.91. The lowest BCUT2D eigenvalue weighted by Crippen LogP contribution is -2.40. The number of nitrogens with one attached hydrogen (secondary N) is 1. The highest BCUT2D eigenvalue weighted by Gasteiger charge is 2.22. The molecular formula is C28H30N6O. The van der Waals surface area contributed by atoms with Crippen LogP contribution in [0.5, 0.6) is 0 Å². The second-order valence-corrected chi connectivity index (χ2v) is 9.15. The van der Waals surface area contributed by atoms with Gasteiger partial charge in [0.2, 0.25) is 0 Å². The Labute approximate surface area is 205 Å². The Morgan fingerprint density at radius 2 is 1.83 bits per heavy atom. The van der Waals surface area contributed by atoms with E-state index in [0.717, 1.165) is 83.3 Å². The van der Waals surface area contributed by atoms with E-state index in [9.17, 15) is 5.11 Å². The minimum Gasteiger partial charge on any atom is -0.395 e. The van der Waals surface area contributed by atoms with Crippen molar-refractivity contribution in [1.82, 2.24) is 24.5 Å². The van der Waals surface area contributed by atoms with Crippen molar-refractivity contribution in [3.8, 4) is 34.7 Å². The van der Waals surface area contributed by atoms with E-state index in [4.69, 9.17) is 16.5 Å². The maximum atomic E-state index is 9.20. The number of aliphatic hydroxyl groups is 1. The molecule has 0 bridgehead atoms. The molecular weight excluding hydrogens is 436 g/mol. The second-order valence-electron chi connectivity index (χ2n) is 9.15. The molecule has 0 saturated carbocycles. The third-order valence-electron chi connectivity index (χ3n) is 6.51. The van der Waals surface area contributed by atoms with Crippen molar-refractivity contribution < 1.29 is 5.11 Å². The monoisotopic (exact) mass is 466 g/mol. The van der Waals surface area contributed by atoms with Gasteiger partial charge in [-0.3, -0.25) is 4.98 Å². The van der Waals surface area contributed by atoms with Gasteiger partial charge in [-0.15, -0.1) is 6.42 Å². The normalized spacial score (nSPS) is 14.8. The molecule has 0 atom stereocenters. The highest BCUT2D eigenvalue weighted by atomic mass is 16.3. The van der Waals surface area contributed by atoms with Crippen LogP contribution in [0.4, 0.5) is 5.82 Å². The smallest absolute Gasteiger partial charge is 0.165 e. The van der Waals surface area contributed by atoms with Crippen LogP contribution in [0, 0.1) is 26.2 Å². The number of benzene rings is 1. The summed E-state index contributed by atoms with van der Waals surface area (Å²) in [5.74, 6) is 3.57. The van der Waals surface area contributed by atoms with Crippen LogP contribution in [-0.4, -0.2) is 61.9 Å². The molecule has 0 aliphatic carbocycles. The number of rotatable bonds is 6.